The lowest BCUT2D eigenvalue weighted by molar-refractivity contribution is -0.117. The van der Waals surface area contributed by atoms with Crippen molar-refractivity contribution in [3.63, 3.8) is 0 Å². The monoisotopic (exact) mass is 430 g/mol. The molecule has 3 nitrogen and oxygen atoms in total. The highest BCUT2D eigenvalue weighted by Crippen LogP contribution is 2.66. The maximum atomic E-state index is 12.8. The Labute approximate surface area is 183 Å². The molecule has 166 valence electrons. The summed E-state index contributed by atoms with van der Waals surface area (Å²) in [6.07, 6.45) is 12.5. The van der Waals surface area contributed by atoms with Crippen LogP contribution >= 0.6 is 0 Å². The summed E-state index contributed by atoms with van der Waals surface area (Å²) in [7, 11) is -3.68. The topological polar surface area (TPSA) is 43.4 Å². The summed E-state index contributed by atoms with van der Waals surface area (Å²) in [5.41, 5.74) is 2.04. The van der Waals surface area contributed by atoms with E-state index in [2.05, 4.69) is 13.8 Å². The van der Waals surface area contributed by atoms with Crippen LogP contribution < -0.4 is 0 Å². The Balaban J connectivity index is 1.30. The molecule has 0 unspecified atom stereocenters. The zero-order chi connectivity index (χ0) is 21.1. The number of benzene rings is 1. The van der Waals surface area contributed by atoms with Gasteiger partial charge in [0.15, 0.2) is 0 Å². The van der Waals surface area contributed by atoms with Gasteiger partial charge in [0.2, 0.25) is 0 Å². The normalized spacial score (nSPS) is 43.5. The Morgan fingerprint density at radius 3 is 2.43 bits per heavy atom. The molecule has 1 aromatic rings. The molecule has 5 rings (SSSR count). The van der Waals surface area contributed by atoms with Crippen molar-refractivity contribution in [2.75, 3.05) is 0 Å². The van der Waals surface area contributed by atoms with Crippen LogP contribution in [0.3, 0.4) is 0 Å². The predicted octanol–water partition coefficient (Wildman–Crippen LogP) is 6.50. The van der Waals surface area contributed by atoms with E-state index in [1.54, 1.807) is 12.1 Å². The highest BCUT2D eigenvalue weighted by Gasteiger charge is 2.58. The van der Waals surface area contributed by atoms with E-state index in [4.69, 9.17) is 4.18 Å². The lowest BCUT2D eigenvalue weighted by Crippen LogP contribution is -2.53. The molecule has 0 amide bonds. The molecular weight excluding hydrogens is 392 g/mol. The minimum atomic E-state index is -3.68. The maximum Gasteiger partial charge on any atom is 0.297 e. The van der Waals surface area contributed by atoms with Gasteiger partial charge in [-0.3, -0.25) is 4.18 Å². The number of fused-ring (bicyclic) bond motifs is 5. The molecule has 0 N–H and O–H groups in total. The minimum Gasteiger partial charge on any atom is -0.263 e. The molecule has 30 heavy (non-hydrogen) atoms. The van der Waals surface area contributed by atoms with Crippen molar-refractivity contribution in [3.8, 4) is 0 Å². The van der Waals surface area contributed by atoms with Gasteiger partial charge in [0.1, 0.15) is 0 Å². The first-order valence-electron chi connectivity index (χ1n) is 12.2. The van der Waals surface area contributed by atoms with Crippen LogP contribution in [-0.4, -0.2) is 14.5 Å². The Bertz CT molecular complexity index is 891. The highest BCUT2D eigenvalue weighted by molar-refractivity contribution is 7.86. The van der Waals surface area contributed by atoms with Crippen molar-refractivity contribution >= 4 is 10.1 Å². The van der Waals surface area contributed by atoms with E-state index in [1.807, 2.05) is 19.1 Å². The number of hydrogen-bond acceptors (Lipinski definition) is 3. The minimum absolute atomic E-state index is 0.161. The Morgan fingerprint density at radius 1 is 0.900 bits per heavy atom. The van der Waals surface area contributed by atoms with Crippen molar-refractivity contribution < 1.29 is 12.6 Å². The first-order chi connectivity index (χ1) is 14.2. The molecule has 4 saturated carbocycles. The fraction of sp³-hybridized carbons (Fsp3) is 0.769. The summed E-state index contributed by atoms with van der Waals surface area (Å²) in [6.45, 7) is 7.07. The Kier molecular flexibility index (Phi) is 5.13. The molecule has 0 bridgehead atoms. The second-order valence-corrected chi connectivity index (χ2v) is 13.1. The quantitative estimate of drug-likeness (QED) is 0.514. The van der Waals surface area contributed by atoms with Gasteiger partial charge in [0.25, 0.3) is 10.1 Å². The number of aryl methyl sites for hydroxylation is 1. The third-order valence-corrected chi connectivity index (χ3v) is 11.3. The lowest BCUT2D eigenvalue weighted by atomic mass is 9.45. The third-order valence-electron chi connectivity index (χ3n) is 9.97. The van der Waals surface area contributed by atoms with Gasteiger partial charge in [-0.1, -0.05) is 38.0 Å². The molecule has 1 aromatic carbocycles. The molecule has 0 spiro atoms. The van der Waals surface area contributed by atoms with Crippen molar-refractivity contribution in [2.45, 2.75) is 96.0 Å². The summed E-state index contributed by atoms with van der Waals surface area (Å²) >= 11 is 0. The maximum absolute atomic E-state index is 12.8. The summed E-state index contributed by atoms with van der Waals surface area (Å²) < 4.78 is 31.4. The highest BCUT2D eigenvalue weighted by atomic mass is 32.2. The lowest BCUT2D eigenvalue weighted by Gasteiger charge is -2.60. The zero-order valence-electron chi connectivity index (χ0n) is 18.9. The molecule has 4 aliphatic rings. The van der Waals surface area contributed by atoms with Gasteiger partial charge in [-0.2, -0.15) is 8.42 Å². The van der Waals surface area contributed by atoms with Crippen LogP contribution in [0.15, 0.2) is 29.2 Å². The predicted molar refractivity (Wildman–Crippen MR) is 120 cm³/mol. The SMILES string of the molecule is Cc1ccc(S(=O)(=O)O[C@@H]2CC[C@@]3(C)[C@@H](CC[C@@H]4[C@H]5CCC[C@@]5(C)CC[C@H]43)C2)cc1. The fourth-order valence-corrected chi connectivity index (χ4v) is 9.35. The van der Waals surface area contributed by atoms with Crippen LogP contribution in [0, 0.1) is 41.4 Å². The van der Waals surface area contributed by atoms with Crippen molar-refractivity contribution in [1.82, 2.24) is 0 Å². The molecule has 0 heterocycles. The van der Waals surface area contributed by atoms with Gasteiger partial charge in [-0.25, -0.2) is 0 Å². The Hall–Kier alpha value is -0.870. The average Bonchev–Trinajstić information content (AvgIpc) is 3.10. The smallest absolute Gasteiger partial charge is 0.263 e. The van der Waals surface area contributed by atoms with Crippen LogP contribution in [0.25, 0.3) is 0 Å². The summed E-state index contributed by atoms with van der Waals surface area (Å²) in [5, 5.41) is 0. The van der Waals surface area contributed by atoms with Crippen molar-refractivity contribution in [3.05, 3.63) is 29.8 Å². The van der Waals surface area contributed by atoms with E-state index < -0.39 is 10.1 Å². The van der Waals surface area contributed by atoms with Gasteiger partial charge in [-0.15, -0.1) is 0 Å². The van der Waals surface area contributed by atoms with Gasteiger partial charge in [0, 0.05) is 0 Å². The standard InChI is InChI=1S/C26H38O3S/c1-18-6-9-21(10-7-18)30(27,28)29-20-12-16-26(3)19(17-20)8-11-22-23-5-4-14-25(23,2)15-13-24(22)26/h6-7,9-10,19-20,22-24H,4-5,8,11-17H2,1-3H3/t19-,20+,22+,23+,24+,25-,26-/m0/s1. The molecule has 7 atom stereocenters. The fourth-order valence-electron chi connectivity index (χ4n) is 8.24. The van der Waals surface area contributed by atoms with E-state index in [0.29, 0.717) is 16.7 Å². The van der Waals surface area contributed by atoms with E-state index in [-0.39, 0.29) is 11.0 Å². The summed E-state index contributed by atoms with van der Waals surface area (Å²) in [6, 6.07) is 7.03. The zero-order valence-corrected chi connectivity index (χ0v) is 19.7. The van der Waals surface area contributed by atoms with Crippen molar-refractivity contribution in [2.24, 2.45) is 34.5 Å². The van der Waals surface area contributed by atoms with Crippen LogP contribution in [0.1, 0.15) is 83.6 Å². The molecular formula is C26H38O3S. The summed E-state index contributed by atoms with van der Waals surface area (Å²) in [5.74, 6) is 3.28. The van der Waals surface area contributed by atoms with Crippen LogP contribution in [0.4, 0.5) is 0 Å². The number of rotatable bonds is 3. The van der Waals surface area contributed by atoms with E-state index in [1.165, 1.54) is 44.9 Å². The molecule has 4 aliphatic carbocycles. The number of hydrogen-bond donors (Lipinski definition) is 0. The van der Waals surface area contributed by atoms with E-state index in [0.717, 1.165) is 42.6 Å². The van der Waals surface area contributed by atoms with Crippen LogP contribution in [-0.2, 0) is 14.3 Å². The van der Waals surface area contributed by atoms with Gasteiger partial charge in [-0.05, 0) is 111 Å². The Morgan fingerprint density at radius 2 is 1.67 bits per heavy atom. The first-order valence-corrected chi connectivity index (χ1v) is 13.6. The van der Waals surface area contributed by atoms with Crippen LogP contribution in [0.2, 0.25) is 0 Å². The van der Waals surface area contributed by atoms with Gasteiger partial charge in [0.05, 0.1) is 11.0 Å². The van der Waals surface area contributed by atoms with E-state index in [9.17, 15) is 8.42 Å². The first kappa shape index (κ1) is 21.0. The molecule has 0 aromatic heterocycles. The molecule has 0 aliphatic heterocycles. The van der Waals surface area contributed by atoms with Gasteiger partial charge < -0.3 is 0 Å². The second-order valence-electron chi connectivity index (χ2n) is 11.5. The van der Waals surface area contributed by atoms with E-state index >= 15 is 0 Å². The second kappa shape index (κ2) is 7.33. The third kappa shape index (κ3) is 3.37. The van der Waals surface area contributed by atoms with Crippen LogP contribution in [0.5, 0.6) is 0 Å². The van der Waals surface area contributed by atoms with Gasteiger partial charge >= 0.3 is 0 Å². The molecule has 4 heteroatoms. The largest absolute Gasteiger partial charge is 0.297 e. The van der Waals surface area contributed by atoms with Crippen molar-refractivity contribution in [1.29, 1.82) is 0 Å². The molecule has 0 radical (unpaired) electrons. The molecule has 4 fully saturated rings. The summed E-state index contributed by atoms with van der Waals surface area (Å²) in [4.78, 5) is 0.290. The average molecular weight is 431 g/mol. The molecule has 0 saturated heterocycles.